The lowest BCUT2D eigenvalue weighted by Crippen LogP contribution is -2.44. The Labute approximate surface area is 136 Å². The molecule has 1 saturated carbocycles. The summed E-state index contributed by atoms with van der Waals surface area (Å²) in [5.74, 6) is 0.744. The number of carbonyl (C=O) groups excluding carboxylic acids is 2. The second-order valence-electron chi connectivity index (χ2n) is 6.25. The van der Waals surface area contributed by atoms with Crippen molar-refractivity contribution in [3.63, 3.8) is 0 Å². The maximum absolute atomic E-state index is 12.6. The van der Waals surface area contributed by atoms with E-state index in [-0.39, 0.29) is 18.0 Å². The number of imide groups is 1. The minimum absolute atomic E-state index is 0.0699. The summed E-state index contributed by atoms with van der Waals surface area (Å²) < 4.78 is 7.52. The van der Waals surface area contributed by atoms with Crippen LogP contribution in [0.5, 0.6) is 0 Å². The number of carbonyl (C=O) groups is 2. The highest BCUT2D eigenvalue weighted by atomic mass is 16.5. The summed E-state index contributed by atoms with van der Waals surface area (Å²) >= 11 is 0. The zero-order chi connectivity index (χ0) is 16.4. The fourth-order valence-corrected chi connectivity index (χ4v) is 3.60. The fourth-order valence-electron chi connectivity index (χ4n) is 3.60. The molecule has 1 aromatic rings. The van der Waals surface area contributed by atoms with E-state index in [1.807, 2.05) is 24.6 Å². The van der Waals surface area contributed by atoms with Crippen LogP contribution in [0, 0.1) is 0 Å². The van der Waals surface area contributed by atoms with Gasteiger partial charge in [-0.2, -0.15) is 0 Å². The SMILES string of the molecule is CCOC(C)c1nccn1CCN1C(=O)NC2(CCCC2)C1=O. The molecule has 1 spiro atoms. The van der Waals surface area contributed by atoms with Crippen molar-refractivity contribution in [1.82, 2.24) is 19.8 Å². The van der Waals surface area contributed by atoms with Crippen LogP contribution in [0.2, 0.25) is 0 Å². The molecule has 2 fully saturated rings. The molecule has 0 radical (unpaired) electrons. The third-order valence-corrected chi connectivity index (χ3v) is 4.80. The van der Waals surface area contributed by atoms with Gasteiger partial charge in [-0.3, -0.25) is 9.69 Å². The van der Waals surface area contributed by atoms with Gasteiger partial charge in [-0.15, -0.1) is 0 Å². The average Bonchev–Trinajstić information content (AvgIpc) is 3.21. The first kappa shape index (κ1) is 16.0. The second kappa shape index (κ2) is 6.31. The Kier molecular flexibility index (Phi) is 4.39. The van der Waals surface area contributed by atoms with Gasteiger partial charge in [0, 0.05) is 32.1 Å². The highest BCUT2D eigenvalue weighted by molar-refractivity contribution is 6.07. The van der Waals surface area contributed by atoms with E-state index in [4.69, 9.17) is 4.74 Å². The quantitative estimate of drug-likeness (QED) is 0.812. The predicted molar refractivity (Wildman–Crippen MR) is 83.7 cm³/mol. The number of rotatable bonds is 6. The van der Waals surface area contributed by atoms with Crippen molar-refractivity contribution < 1.29 is 14.3 Å². The van der Waals surface area contributed by atoms with Crippen LogP contribution in [-0.2, 0) is 16.1 Å². The highest BCUT2D eigenvalue weighted by Gasteiger charge is 2.52. The summed E-state index contributed by atoms with van der Waals surface area (Å²) in [6.45, 7) is 5.39. The second-order valence-corrected chi connectivity index (χ2v) is 6.25. The van der Waals surface area contributed by atoms with E-state index in [2.05, 4.69) is 10.3 Å². The Hall–Kier alpha value is -1.89. The lowest BCUT2D eigenvalue weighted by atomic mass is 9.98. The molecule has 2 heterocycles. The first-order chi connectivity index (χ1) is 11.1. The Morgan fingerprint density at radius 2 is 2.09 bits per heavy atom. The minimum Gasteiger partial charge on any atom is -0.371 e. The van der Waals surface area contributed by atoms with Crippen molar-refractivity contribution in [3.8, 4) is 0 Å². The number of imidazole rings is 1. The van der Waals surface area contributed by atoms with Crippen LogP contribution in [0.25, 0.3) is 0 Å². The number of nitrogens with one attached hydrogen (secondary N) is 1. The van der Waals surface area contributed by atoms with Gasteiger partial charge in [-0.25, -0.2) is 9.78 Å². The van der Waals surface area contributed by atoms with Crippen LogP contribution in [0.15, 0.2) is 12.4 Å². The van der Waals surface area contributed by atoms with E-state index in [9.17, 15) is 9.59 Å². The van der Waals surface area contributed by atoms with E-state index in [0.29, 0.717) is 19.7 Å². The van der Waals surface area contributed by atoms with Crippen molar-refractivity contribution in [3.05, 3.63) is 18.2 Å². The Morgan fingerprint density at radius 3 is 2.78 bits per heavy atom. The molecule has 7 nitrogen and oxygen atoms in total. The van der Waals surface area contributed by atoms with Crippen molar-refractivity contribution in [2.75, 3.05) is 13.2 Å². The minimum atomic E-state index is -0.631. The molecule has 3 rings (SSSR count). The Balaban J connectivity index is 1.66. The lowest BCUT2D eigenvalue weighted by molar-refractivity contribution is -0.131. The molecule has 1 N–H and O–H groups in total. The zero-order valence-corrected chi connectivity index (χ0v) is 13.7. The summed E-state index contributed by atoms with van der Waals surface area (Å²) in [5.41, 5.74) is -0.631. The fraction of sp³-hybridized carbons (Fsp3) is 0.688. The highest BCUT2D eigenvalue weighted by Crippen LogP contribution is 2.34. The molecule has 1 atom stereocenters. The number of hydrogen-bond acceptors (Lipinski definition) is 4. The van der Waals surface area contributed by atoms with Crippen molar-refractivity contribution in [1.29, 1.82) is 0 Å². The van der Waals surface area contributed by atoms with Crippen LogP contribution < -0.4 is 5.32 Å². The van der Waals surface area contributed by atoms with E-state index >= 15 is 0 Å². The summed E-state index contributed by atoms with van der Waals surface area (Å²) in [6.07, 6.45) is 6.97. The van der Waals surface area contributed by atoms with Gasteiger partial charge in [0.05, 0.1) is 0 Å². The largest absolute Gasteiger partial charge is 0.371 e. The summed E-state index contributed by atoms with van der Waals surface area (Å²) in [7, 11) is 0. The van der Waals surface area contributed by atoms with Crippen molar-refractivity contribution in [2.24, 2.45) is 0 Å². The zero-order valence-electron chi connectivity index (χ0n) is 13.7. The van der Waals surface area contributed by atoms with Crippen LogP contribution in [0.4, 0.5) is 4.79 Å². The van der Waals surface area contributed by atoms with Gasteiger partial charge in [0.2, 0.25) is 0 Å². The molecule has 23 heavy (non-hydrogen) atoms. The standard InChI is InChI=1S/C16H24N4O3/c1-3-23-12(2)13-17-8-9-19(13)10-11-20-14(21)16(18-15(20)22)6-4-5-7-16/h8-9,12H,3-7,10-11H2,1-2H3,(H,18,22). The van der Waals surface area contributed by atoms with Gasteiger partial charge in [-0.1, -0.05) is 12.8 Å². The van der Waals surface area contributed by atoms with Crippen LogP contribution in [0.1, 0.15) is 51.5 Å². The summed E-state index contributed by atoms with van der Waals surface area (Å²) in [5, 5.41) is 2.90. The number of hydrogen-bond donors (Lipinski definition) is 1. The van der Waals surface area contributed by atoms with Crippen molar-refractivity contribution in [2.45, 2.75) is 57.7 Å². The topological polar surface area (TPSA) is 76.5 Å². The van der Waals surface area contributed by atoms with Gasteiger partial charge in [0.25, 0.3) is 5.91 Å². The van der Waals surface area contributed by atoms with Gasteiger partial charge < -0.3 is 14.6 Å². The molecule has 7 heteroatoms. The van der Waals surface area contributed by atoms with Gasteiger partial charge in [0.1, 0.15) is 17.5 Å². The maximum Gasteiger partial charge on any atom is 0.325 e. The van der Waals surface area contributed by atoms with Gasteiger partial charge in [0.15, 0.2) is 0 Å². The lowest BCUT2D eigenvalue weighted by Gasteiger charge is -2.20. The predicted octanol–water partition coefficient (Wildman–Crippen LogP) is 1.85. The number of nitrogens with zero attached hydrogens (tertiary/aromatic N) is 3. The Bertz CT molecular complexity index is 592. The number of urea groups is 1. The first-order valence-electron chi connectivity index (χ1n) is 8.34. The summed E-state index contributed by atoms with van der Waals surface area (Å²) in [6, 6.07) is -0.267. The molecule has 2 aliphatic rings. The molecule has 126 valence electrons. The van der Waals surface area contributed by atoms with E-state index < -0.39 is 5.54 Å². The molecule has 0 aromatic carbocycles. The molecular formula is C16H24N4O3. The molecular weight excluding hydrogens is 296 g/mol. The molecule has 1 aliphatic carbocycles. The van der Waals surface area contributed by atoms with Crippen LogP contribution in [-0.4, -0.2) is 45.1 Å². The summed E-state index contributed by atoms with van der Waals surface area (Å²) in [4.78, 5) is 30.5. The molecule has 1 saturated heterocycles. The van der Waals surface area contributed by atoms with Crippen LogP contribution in [0.3, 0.4) is 0 Å². The van der Waals surface area contributed by atoms with E-state index in [0.717, 1.165) is 31.5 Å². The molecule has 1 aliphatic heterocycles. The van der Waals surface area contributed by atoms with Crippen LogP contribution >= 0.6 is 0 Å². The monoisotopic (exact) mass is 320 g/mol. The smallest absolute Gasteiger partial charge is 0.325 e. The molecule has 1 aromatic heterocycles. The number of ether oxygens (including phenoxy) is 1. The number of amides is 3. The van der Waals surface area contributed by atoms with E-state index in [1.54, 1.807) is 6.20 Å². The first-order valence-corrected chi connectivity index (χ1v) is 8.34. The Morgan fingerprint density at radius 1 is 1.35 bits per heavy atom. The average molecular weight is 320 g/mol. The third-order valence-electron chi connectivity index (χ3n) is 4.80. The van der Waals surface area contributed by atoms with Crippen molar-refractivity contribution >= 4 is 11.9 Å². The molecule has 3 amide bonds. The van der Waals surface area contributed by atoms with Gasteiger partial charge in [-0.05, 0) is 26.7 Å². The maximum atomic E-state index is 12.6. The molecule has 0 bridgehead atoms. The van der Waals surface area contributed by atoms with Gasteiger partial charge >= 0.3 is 6.03 Å². The normalized spacial score (nSPS) is 21.2. The number of aromatic nitrogens is 2. The third kappa shape index (κ3) is 2.85. The molecule has 1 unspecified atom stereocenters. The van der Waals surface area contributed by atoms with E-state index in [1.165, 1.54) is 4.90 Å².